The Bertz CT molecular complexity index is 1780. The van der Waals surface area contributed by atoms with Gasteiger partial charge in [-0.3, -0.25) is 14.4 Å². The summed E-state index contributed by atoms with van der Waals surface area (Å²) in [6, 6.07) is 20.6. The van der Waals surface area contributed by atoms with Crippen LogP contribution in [-0.4, -0.2) is 88.3 Å². The Morgan fingerprint density at radius 2 is 1.80 bits per heavy atom. The van der Waals surface area contributed by atoms with Gasteiger partial charge in [-0.15, -0.1) is 0 Å². The lowest BCUT2D eigenvalue weighted by Crippen LogP contribution is -2.62. The van der Waals surface area contributed by atoms with Crippen LogP contribution in [0.1, 0.15) is 60.8 Å². The maximum absolute atomic E-state index is 14.7. The first kappa shape index (κ1) is 36.7. The SMILES string of the molecule is Cc1ccccc1CCN(C(=O)C1=C(c2ccc(CCCOc3cc(F)ccc3Br)cc2)C[C@@H]2CN(C(=O)C[C@@H](O)CC(=O)O)C[C@H]1N2)C1CC1. The van der Waals surface area contributed by atoms with Gasteiger partial charge in [0.05, 0.1) is 36.1 Å². The van der Waals surface area contributed by atoms with Gasteiger partial charge in [0, 0.05) is 43.4 Å². The number of fused-ring (bicyclic) bond motifs is 2. The number of piperazine rings is 1. The zero-order valence-corrected chi connectivity index (χ0v) is 30.4. The van der Waals surface area contributed by atoms with Crippen LogP contribution in [0, 0.1) is 12.7 Å². The summed E-state index contributed by atoms with van der Waals surface area (Å²) in [6.45, 7) is 3.78. The summed E-state index contributed by atoms with van der Waals surface area (Å²) < 4.78 is 20.1. The first-order valence-electron chi connectivity index (χ1n) is 17.7. The number of aliphatic carboxylic acids is 1. The third kappa shape index (κ3) is 9.44. The summed E-state index contributed by atoms with van der Waals surface area (Å²) in [5, 5.41) is 22.9. The van der Waals surface area contributed by atoms with E-state index >= 15 is 0 Å². The van der Waals surface area contributed by atoms with Crippen molar-refractivity contribution < 1.29 is 33.7 Å². The first-order valence-corrected chi connectivity index (χ1v) is 18.5. The Morgan fingerprint density at radius 1 is 1.04 bits per heavy atom. The molecule has 3 atom stereocenters. The number of benzene rings is 3. The molecular formula is C40H45BrFN3O6. The second kappa shape index (κ2) is 16.5. The minimum atomic E-state index is -1.27. The molecule has 9 nitrogen and oxygen atoms in total. The van der Waals surface area contributed by atoms with E-state index in [1.165, 1.54) is 23.3 Å². The van der Waals surface area contributed by atoms with Crippen molar-refractivity contribution in [3.63, 3.8) is 0 Å². The number of carboxylic acid groups (broad SMARTS) is 1. The zero-order chi connectivity index (χ0) is 36.1. The number of carbonyl (C=O) groups excluding carboxylic acids is 2. The minimum Gasteiger partial charge on any atom is -0.492 e. The number of aliphatic hydroxyl groups is 1. The van der Waals surface area contributed by atoms with Crippen molar-refractivity contribution in [2.24, 2.45) is 0 Å². The highest BCUT2D eigenvalue weighted by molar-refractivity contribution is 9.10. The maximum Gasteiger partial charge on any atom is 0.305 e. The van der Waals surface area contributed by atoms with Crippen LogP contribution >= 0.6 is 15.9 Å². The van der Waals surface area contributed by atoms with Crippen LogP contribution in [-0.2, 0) is 27.2 Å². The summed E-state index contributed by atoms with van der Waals surface area (Å²) >= 11 is 3.40. The van der Waals surface area contributed by atoms with Gasteiger partial charge in [-0.25, -0.2) is 4.39 Å². The molecule has 2 heterocycles. The van der Waals surface area contributed by atoms with Gasteiger partial charge in [-0.1, -0.05) is 48.5 Å². The van der Waals surface area contributed by atoms with Crippen LogP contribution < -0.4 is 10.1 Å². The number of aryl methyl sites for hydroxylation is 2. The Hall–Kier alpha value is -4.06. The highest BCUT2D eigenvalue weighted by Gasteiger charge is 2.43. The summed E-state index contributed by atoms with van der Waals surface area (Å²) in [4.78, 5) is 42.8. The number of aliphatic hydroxyl groups excluding tert-OH is 1. The highest BCUT2D eigenvalue weighted by Crippen LogP contribution is 2.37. The molecular weight excluding hydrogens is 717 g/mol. The van der Waals surface area contributed by atoms with Gasteiger partial charge in [0.2, 0.25) is 5.91 Å². The number of hydrogen-bond acceptors (Lipinski definition) is 6. The molecule has 2 bridgehead atoms. The molecule has 1 saturated heterocycles. The van der Waals surface area contributed by atoms with Crippen LogP contribution in [0.25, 0.3) is 5.57 Å². The normalized spacial score (nSPS) is 19.1. The average molecular weight is 763 g/mol. The number of carboxylic acids is 1. The van der Waals surface area contributed by atoms with E-state index < -0.39 is 24.5 Å². The van der Waals surface area contributed by atoms with Crippen molar-refractivity contribution in [1.82, 2.24) is 15.1 Å². The number of amides is 2. The van der Waals surface area contributed by atoms with Crippen molar-refractivity contribution in [3.8, 4) is 5.75 Å². The average Bonchev–Trinajstić information content (AvgIpc) is 3.94. The fourth-order valence-electron chi connectivity index (χ4n) is 7.22. The molecule has 270 valence electrons. The topological polar surface area (TPSA) is 119 Å². The Balaban J connectivity index is 1.22. The van der Waals surface area contributed by atoms with Gasteiger partial charge in [-0.2, -0.15) is 0 Å². The molecule has 0 unspecified atom stereocenters. The number of halogens is 2. The molecule has 6 rings (SSSR count). The van der Waals surface area contributed by atoms with E-state index in [4.69, 9.17) is 9.84 Å². The highest BCUT2D eigenvalue weighted by atomic mass is 79.9. The summed E-state index contributed by atoms with van der Waals surface area (Å²) in [6.07, 6.45) is 2.69. The third-order valence-electron chi connectivity index (χ3n) is 10.0. The van der Waals surface area contributed by atoms with Crippen molar-refractivity contribution in [2.45, 2.75) is 82.5 Å². The molecule has 3 aromatic carbocycles. The molecule has 2 fully saturated rings. The first-order chi connectivity index (χ1) is 24.5. The molecule has 51 heavy (non-hydrogen) atoms. The third-order valence-corrected chi connectivity index (χ3v) is 10.7. The lowest BCUT2D eigenvalue weighted by atomic mass is 9.82. The number of rotatable bonds is 15. The molecule has 0 aromatic heterocycles. The number of ether oxygens (including phenoxy) is 1. The predicted octanol–water partition coefficient (Wildman–Crippen LogP) is 5.69. The monoisotopic (exact) mass is 761 g/mol. The molecule has 3 aromatic rings. The van der Waals surface area contributed by atoms with E-state index in [0.717, 1.165) is 48.8 Å². The number of nitrogens with one attached hydrogen (secondary N) is 1. The van der Waals surface area contributed by atoms with Gasteiger partial charge in [0.25, 0.3) is 5.91 Å². The molecule has 2 amide bonds. The quantitative estimate of drug-likeness (QED) is 0.170. The summed E-state index contributed by atoms with van der Waals surface area (Å²) in [5.74, 6) is -1.36. The molecule has 1 aliphatic carbocycles. The molecule has 0 radical (unpaired) electrons. The van der Waals surface area contributed by atoms with Gasteiger partial charge < -0.3 is 30.1 Å². The van der Waals surface area contributed by atoms with E-state index in [1.807, 2.05) is 17.0 Å². The Morgan fingerprint density at radius 3 is 2.53 bits per heavy atom. The van der Waals surface area contributed by atoms with E-state index in [1.54, 1.807) is 11.0 Å². The molecule has 11 heteroatoms. The van der Waals surface area contributed by atoms with Gasteiger partial charge >= 0.3 is 5.97 Å². The molecule has 1 saturated carbocycles. The van der Waals surface area contributed by atoms with Crippen LogP contribution in [0.3, 0.4) is 0 Å². The number of carbonyl (C=O) groups is 3. The predicted molar refractivity (Wildman–Crippen MR) is 196 cm³/mol. The van der Waals surface area contributed by atoms with Gasteiger partial charge in [0.1, 0.15) is 11.6 Å². The molecule has 3 aliphatic rings. The second-order valence-corrected chi connectivity index (χ2v) is 14.8. The van der Waals surface area contributed by atoms with Crippen molar-refractivity contribution in [2.75, 3.05) is 26.2 Å². The Labute approximate surface area is 306 Å². The van der Waals surface area contributed by atoms with Crippen molar-refractivity contribution >= 4 is 39.3 Å². The fraction of sp³-hybridized carbons (Fsp3) is 0.425. The number of hydrogen-bond donors (Lipinski definition) is 3. The lowest BCUT2D eigenvalue weighted by molar-refractivity contribution is -0.141. The molecule has 2 aliphatic heterocycles. The zero-order valence-electron chi connectivity index (χ0n) is 28.8. The van der Waals surface area contributed by atoms with Crippen LogP contribution in [0.2, 0.25) is 0 Å². The fourth-order valence-corrected chi connectivity index (χ4v) is 7.58. The Kier molecular flexibility index (Phi) is 11.9. The molecule has 0 spiro atoms. The largest absolute Gasteiger partial charge is 0.492 e. The van der Waals surface area contributed by atoms with Gasteiger partial charge in [0.15, 0.2) is 0 Å². The van der Waals surface area contributed by atoms with Crippen LogP contribution in [0.15, 0.2) is 76.8 Å². The standard InChI is InChI=1S/C40H45BrFN3O6/c1-25-5-2-3-7-27(25)16-17-45(31-13-14-31)40(50)39-33(20-30-23-44(24-35(39)43-30)37(47)21-32(46)22-38(48)49)28-10-8-26(9-11-28)6-4-18-51-36-19-29(42)12-15-34(36)41/h2-3,5,7-12,15,19,30-32,35,43,46H,4,6,13-14,16-18,20-24H2,1H3,(H,48,49)/t30-,32-,35-/m1/s1. The van der Waals surface area contributed by atoms with Crippen molar-refractivity contribution in [1.29, 1.82) is 0 Å². The maximum atomic E-state index is 14.7. The second-order valence-electron chi connectivity index (χ2n) is 13.9. The van der Waals surface area contributed by atoms with E-state index in [2.05, 4.69) is 64.6 Å². The lowest BCUT2D eigenvalue weighted by Gasteiger charge is -2.45. The van der Waals surface area contributed by atoms with Crippen molar-refractivity contribution in [3.05, 3.63) is 105 Å². The summed E-state index contributed by atoms with van der Waals surface area (Å²) in [5.41, 5.74) is 6.17. The number of nitrogens with zero attached hydrogens (tertiary/aromatic N) is 2. The van der Waals surface area contributed by atoms with Gasteiger partial charge in [-0.05, 0) is 101 Å². The minimum absolute atomic E-state index is 0.0121. The van der Waals surface area contributed by atoms with E-state index in [0.29, 0.717) is 41.9 Å². The van der Waals surface area contributed by atoms with Crippen LogP contribution in [0.5, 0.6) is 5.75 Å². The smallest absolute Gasteiger partial charge is 0.305 e. The van der Waals surface area contributed by atoms with E-state index in [9.17, 15) is 23.9 Å². The summed E-state index contributed by atoms with van der Waals surface area (Å²) in [7, 11) is 0. The van der Waals surface area contributed by atoms with E-state index in [-0.39, 0.29) is 42.7 Å². The van der Waals surface area contributed by atoms with Crippen LogP contribution in [0.4, 0.5) is 4.39 Å². The molecule has 3 N–H and O–H groups in total.